The van der Waals surface area contributed by atoms with E-state index in [0.29, 0.717) is 30.4 Å². The highest BCUT2D eigenvalue weighted by atomic mass is 35.5. The van der Waals surface area contributed by atoms with Crippen molar-refractivity contribution in [3.05, 3.63) is 46.7 Å². The van der Waals surface area contributed by atoms with Crippen LogP contribution < -0.4 is 10.6 Å². The molecule has 5 nitrogen and oxygen atoms in total. The summed E-state index contributed by atoms with van der Waals surface area (Å²) in [5, 5.41) is 10.3. The number of carbonyl (C=O) groups is 1. The van der Waals surface area contributed by atoms with Crippen LogP contribution in [0.2, 0.25) is 5.02 Å². The molecule has 0 aliphatic carbocycles. The maximum absolute atomic E-state index is 11.7. The summed E-state index contributed by atoms with van der Waals surface area (Å²) in [5.74, 6) is 1.33. The van der Waals surface area contributed by atoms with Gasteiger partial charge in [-0.1, -0.05) is 35.0 Å². The maximum Gasteiger partial charge on any atom is 0.222 e. The van der Waals surface area contributed by atoms with E-state index in [-0.39, 0.29) is 5.91 Å². The topological polar surface area (TPSA) is 67.2 Å². The predicted molar refractivity (Wildman–Crippen MR) is 77.6 cm³/mol. The van der Waals surface area contributed by atoms with Gasteiger partial charge in [-0.2, -0.15) is 0 Å². The fraction of sp³-hybridized carbons (Fsp3) is 0.286. The average Bonchev–Trinajstić information content (AvgIpc) is 2.83. The van der Waals surface area contributed by atoms with Crippen LogP contribution >= 0.6 is 11.6 Å². The number of nitrogens with zero attached hydrogens (tertiary/aromatic N) is 1. The minimum atomic E-state index is -0.0439. The van der Waals surface area contributed by atoms with Gasteiger partial charge in [-0.05, 0) is 18.6 Å². The number of nitrogens with one attached hydrogen (secondary N) is 2. The van der Waals surface area contributed by atoms with E-state index in [1.807, 2.05) is 25.1 Å². The van der Waals surface area contributed by atoms with E-state index >= 15 is 0 Å². The number of aromatic nitrogens is 1. The van der Waals surface area contributed by atoms with Crippen molar-refractivity contribution in [3.63, 3.8) is 0 Å². The Bertz CT molecular complexity index is 583. The molecule has 106 valence electrons. The second kappa shape index (κ2) is 6.96. The quantitative estimate of drug-likeness (QED) is 0.859. The molecule has 1 amide bonds. The third-order valence-electron chi connectivity index (χ3n) is 2.72. The Morgan fingerprint density at radius 2 is 2.20 bits per heavy atom. The van der Waals surface area contributed by atoms with Crippen LogP contribution in [0.15, 0.2) is 34.9 Å². The highest BCUT2D eigenvalue weighted by Crippen LogP contribution is 2.14. The van der Waals surface area contributed by atoms with Crippen LogP contribution in [0.4, 0.5) is 5.82 Å². The third kappa shape index (κ3) is 4.28. The first-order valence-electron chi connectivity index (χ1n) is 6.32. The molecule has 0 spiro atoms. The molecule has 6 heteroatoms. The van der Waals surface area contributed by atoms with Gasteiger partial charge in [0.2, 0.25) is 5.91 Å². The van der Waals surface area contributed by atoms with Crippen molar-refractivity contribution >= 4 is 23.3 Å². The molecule has 0 aliphatic rings. The molecule has 0 unspecified atom stereocenters. The standard InChI is InChI=1S/C14H16ClN3O2/c1-10-8-13(18-20-10)16-7-6-14(19)17-9-11-4-2-3-5-12(11)15/h2-5,8H,6-7,9H2,1H3,(H,16,18)(H,17,19). The number of aryl methyl sites for hydroxylation is 1. The molecule has 2 rings (SSSR count). The third-order valence-corrected chi connectivity index (χ3v) is 3.09. The average molecular weight is 294 g/mol. The molecular weight excluding hydrogens is 278 g/mol. The van der Waals surface area contributed by atoms with E-state index in [9.17, 15) is 4.79 Å². The van der Waals surface area contributed by atoms with E-state index in [4.69, 9.17) is 16.1 Å². The van der Waals surface area contributed by atoms with Crippen LogP contribution in [0.25, 0.3) is 0 Å². The molecule has 2 N–H and O–H groups in total. The first-order chi connectivity index (χ1) is 9.65. The van der Waals surface area contributed by atoms with Gasteiger partial charge in [0.15, 0.2) is 5.82 Å². The smallest absolute Gasteiger partial charge is 0.222 e. The summed E-state index contributed by atoms with van der Waals surface area (Å²) in [6.45, 7) is 2.75. The Balaban J connectivity index is 1.69. The molecule has 1 heterocycles. The lowest BCUT2D eigenvalue weighted by Gasteiger charge is -2.07. The summed E-state index contributed by atoms with van der Waals surface area (Å²) in [5.41, 5.74) is 0.905. The van der Waals surface area contributed by atoms with Gasteiger partial charge in [0, 0.05) is 30.6 Å². The zero-order chi connectivity index (χ0) is 14.4. The lowest BCUT2D eigenvalue weighted by Crippen LogP contribution is -2.25. The van der Waals surface area contributed by atoms with Gasteiger partial charge < -0.3 is 15.2 Å². The van der Waals surface area contributed by atoms with Gasteiger partial charge in [-0.3, -0.25) is 4.79 Å². The molecule has 0 saturated carbocycles. The van der Waals surface area contributed by atoms with Crippen LogP contribution in [0.5, 0.6) is 0 Å². The van der Waals surface area contributed by atoms with Crippen LogP contribution in [-0.2, 0) is 11.3 Å². The normalized spacial score (nSPS) is 10.3. The minimum Gasteiger partial charge on any atom is -0.367 e. The van der Waals surface area contributed by atoms with E-state index < -0.39 is 0 Å². The van der Waals surface area contributed by atoms with Gasteiger partial charge in [-0.15, -0.1) is 0 Å². The van der Waals surface area contributed by atoms with Crippen molar-refractivity contribution in [1.82, 2.24) is 10.5 Å². The molecule has 1 aromatic heterocycles. The lowest BCUT2D eigenvalue weighted by molar-refractivity contribution is -0.121. The molecule has 0 fully saturated rings. The van der Waals surface area contributed by atoms with Gasteiger partial charge in [-0.25, -0.2) is 0 Å². The number of hydrogen-bond acceptors (Lipinski definition) is 4. The molecular formula is C14H16ClN3O2. The predicted octanol–water partition coefficient (Wildman–Crippen LogP) is 2.75. The largest absolute Gasteiger partial charge is 0.367 e. The molecule has 0 atom stereocenters. The Kier molecular flexibility index (Phi) is 5.01. The highest BCUT2D eigenvalue weighted by Gasteiger charge is 2.04. The molecule has 1 aromatic carbocycles. The number of rotatable bonds is 6. The summed E-state index contributed by atoms with van der Waals surface area (Å²) >= 11 is 6.01. The number of halogens is 1. The molecule has 20 heavy (non-hydrogen) atoms. The highest BCUT2D eigenvalue weighted by molar-refractivity contribution is 6.31. The Labute approximate surface area is 122 Å². The fourth-order valence-electron chi connectivity index (χ4n) is 1.68. The SMILES string of the molecule is Cc1cc(NCCC(=O)NCc2ccccc2Cl)no1. The summed E-state index contributed by atoms with van der Waals surface area (Å²) < 4.78 is 4.91. The summed E-state index contributed by atoms with van der Waals surface area (Å²) in [6, 6.07) is 9.22. The van der Waals surface area contributed by atoms with Gasteiger partial charge in [0.05, 0.1) is 0 Å². The Hall–Kier alpha value is -2.01. The van der Waals surface area contributed by atoms with E-state index in [1.54, 1.807) is 12.1 Å². The van der Waals surface area contributed by atoms with Crippen molar-refractivity contribution in [2.45, 2.75) is 19.9 Å². The summed E-state index contributed by atoms with van der Waals surface area (Å²) in [7, 11) is 0. The molecule has 0 aliphatic heterocycles. The van der Waals surface area contributed by atoms with Crippen molar-refractivity contribution < 1.29 is 9.32 Å². The van der Waals surface area contributed by atoms with Crippen molar-refractivity contribution in [3.8, 4) is 0 Å². The minimum absolute atomic E-state index is 0.0439. The van der Waals surface area contributed by atoms with Gasteiger partial charge in [0.1, 0.15) is 5.76 Å². The molecule has 0 saturated heterocycles. The summed E-state index contributed by atoms with van der Waals surface area (Å²) in [6.07, 6.45) is 0.358. The zero-order valence-corrected chi connectivity index (χ0v) is 11.9. The number of hydrogen-bond donors (Lipinski definition) is 2. The van der Waals surface area contributed by atoms with Crippen LogP contribution in [0.1, 0.15) is 17.7 Å². The first kappa shape index (κ1) is 14.4. The van der Waals surface area contributed by atoms with Gasteiger partial charge >= 0.3 is 0 Å². The van der Waals surface area contributed by atoms with Gasteiger partial charge in [0.25, 0.3) is 0 Å². The number of amides is 1. The molecule has 0 bridgehead atoms. The molecule has 2 aromatic rings. The Morgan fingerprint density at radius 1 is 1.40 bits per heavy atom. The fourth-order valence-corrected chi connectivity index (χ4v) is 1.88. The zero-order valence-electron chi connectivity index (χ0n) is 11.1. The first-order valence-corrected chi connectivity index (χ1v) is 6.70. The van der Waals surface area contributed by atoms with Crippen LogP contribution in [-0.4, -0.2) is 17.6 Å². The van der Waals surface area contributed by atoms with E-state index in [1.165, 1.54) is 0 Å². The second-order valence-electron chi connectivity index (χ2n) is 4.37. The number of carbonyl (C=O) groups excluding carboxylic acids is 1. The van der Waals surface area contributed by atoms with E-state index in [0.717, 1.165) is 11.3 Å². The monoisotopic (exact) mass is 293 g/mol. The van der Waals surface area contributed by atoms with Crippen molar-refractivity contribution in [1.29, 1.82) is 0 Å². The molecule has 0 radical (unpaired) electrons. The van der Waals surface area contributed by atoms with Crippen molar-refractivity contribution in [2.24, 2.45) is 0 Å². The maximum atomic E-state index is 11.7. The second-order valence-corrected chi connectivity index (χ2v) is 4.77. The van der Waals surface area contributed by atoms with Crippen LogP contribution in [0.3, 0.4) is 0 Å². The number of benzene rings is 1. The Morgan fingerprint density at radius 3 is 2.90 bits per heavy atom. The summed E-state index contributed by atoms with van der Waals surface area (Å²) in [4.78, 5) is 11.7. The lowest BCUT2D eigenvalue weighted by atomic mass is 10.2. The number of anilines is 1. The van der Waals surface area contributed by atoms with Crippen LogP contribution in [0, 0.1) is 6.92 Å². The van der Waals surface area contributed by atoms with E-state index in [2.05, 4.69) is 15.8 Å². The van der Waals surface area contributed by atoms with Crippen molar-refractivity contribution in [2.75, 3.05) is 11.9 Å².